The van der Waals surface area contributed by atoms with Gasteiger partial charge in [0.15, 0.2) is 0 Å². The summed E-state index contributed by atoms with van der Waals surface area (Å²) in [7, 11) is 0. The van der Waals surface area contributed by atoms with Gasteiger partial charge in [0.25, 0.3) is 5.56 Å². The van der Waals surface area contributed by atoms with Crippen LogP contribution in [0.5, 0.6) is 5.75 Å². The second-order valence-corrected chi connectivity index (χ2v) is 7.53. The van der Waals surface area contributed by atoms with Crippen LogP contribution in [-0.2, 0) is 13.1 Å². The van der Waals surface area contributed by atoms with E-state index in [2.05, 4.69) is 38.6 Å². The SMILES string of the molecule is CC(C)c1c(N2Cc3ccc(O[C@H]4CCCNC4)cc3C2)cn[nH]c1=O. The second-order valence-electron chi connectivity index (χ2n) is 7.53. The zero-order chi connectivity index (χ0) is 18.1. The molecule has 0 amide bonds. The van der Waals surface area contributed by atoms with Crippen molar-refractivity contribution in [2.75, 3.05) is 18.0 Å². The first-order valence-electron chi connectivity index (χ1n) is 9.43. The molecule has 1 fully saturated rings. The van der Waals surface area contributed by atoms with Crippen molar-refractivity contribution in [3.63, 3.8) is 0 Å². The number of benzene rings is 1. The summed E-state index contributed by atoms with van der Waals surface area (Å²) in [5.41, 5.74) is 4.19. The van der Waals surface area contributed by atoms with E-state index in [0.717, 1.165) is 56.0 Å². The lowest BCUT2D eigenvalue weighted by molar-refractivity contribution is 0.167. The van der Waals surface area contributed by atoms with Gasteiger partial charge >= 0.3 is 0 Å². The lowest BCUT2D eigenvalue weighted by atomic mass is 10.0. The van der Waals surface area contributed by atoms with Crippen LogP contribution in [0.3, 0.4) is 0 Å². The molecule has 0 unspecified atom stereocenters. The first kappa shape index (κ1) is 17.1. The number of piperidine rings is 1. The quantitative estimate of drug-likeness (QED) is 0.883. The Balaban J connectivity index is 1.54. The van der Waals surface area contributed by atoms with Crippen molar-refractivity contribution in [1.29, 1.82) is 0 Å². The molecular formula is C20H26N4O2. The van der Waals surface area contributed by atoms with E-state index >= 15 is 0 Å². The minimum Gasteiger partial charge on any atom is -0.489 e. The number of nitrogens with zero attached hydrogens (tertiary/aromatic N) is 2. The van der Waals surface area contributed by atoms with Gasteiger partial charge in [-0.3, -0.25) is 4.79 Å². The van der Waals surface area contributed by atoms with Gasteiger partial charge in [0.05, 0.1) is 11.9 Å². The zero-order valence-electron chi connectivity index (χ0n) is 15.4. The fourth-order valence-corrected chi connectivity index (χ4v) is 3.94. The van der Waals surface area contributed by atoms with E-state index in [1.807, 2.05) is 13.8 Å². The number of aromatic amines is 1. The fourth-order valence-electron chi connectivity index (χ4n) is 3.94. The van der Waals surface area contributed by atoms with E-state index < -0.39 is 0 Å². The van der Waals surface area contributed by atoms with Gasteiger partial charge in [-0.05, 0) is 48.6 Å². The topological polar surface area (TPSA) is 70.2 Å². The molecule has 0 spiro atoms. The summed E-state index contributed by atoms with van der Waals surface area (Å²) in [5, 5.41) is 9.97. The molecular weight excluding hydrogens is 328 g/mol. The number of fused-ring (bicyclic) bond motifs is 1. The highest BCUT2D eigenvalue weighted by molar-refractivity contribution is 5.56. The summed E-state index contributed by atoms with van der Waals surface area (Å²) in [6.45, 7) is 7.66. The Morgan fingerprint density at radius 3 is 2.88 bits per heavy atom. The van der Waals surface area contributed by atoms with Crippen molar-refractivity contribution in [3.8, 4) is 5.75 Å². The first-order chi connectivity index (χ1) is 12.6. The van der Waals surface area contributed by atoms with Gasteiger partial charge in [-0.2, -0.15) is 5.10 Å². The van der Waals surface area contributed by atoms with E-state index in [1.54, 1.807) is 6.20 Å². The number of anilines is 1. The number of aromatic nitrogens is 2. The Bertz CT molecular complexity index is 840. The third-order valence-corrected chi connectivity index (χ3v) is 5.25. The molecule has 0 bridgehead atoms. The molecule has 138 valence electrons. The molecule has 0 radical (unpaired) electrons. The van der Waals surface area contributed by atoms with Crippen LogP contribution in [0, 0.1) is 0 Å². The summed E-state index contributed by atoms with van der Waals surface area (Å²) in [6.07, 6.45) is 4.29. The van der Waals surface area contributed by atoms with Gasteiger partial charge in [0.2, 0.25) is 0 Å². The maximum atomic E-state index is 12.2. The Morgan fingerprint density at radius 2 is 2.12 bits per heavy atom. The molecule has 3 heterocycles. The van der Waals surface area contributed by atoms with E-state index in [0.29, 0.717) is 0 Å². The number of ether oxygens (including phenoxy) is 1. The molecule has 2 aromatic rings. The largest absolute Gasteiger partial charge is 0.489 e. The highest BCUT2D eigenvalue weighted by atomic mass is 16.5. The van der Waals surface area contributed by atoms with Gasteiger partial charge in [0, 0.05) is 25.2 Å². The third kappa shape index (κ3) is 3.33. The van der Waals surface area contributed by atoms with Crippen LogP contribution in [-0.4, -0.2) is 29.4 Å². The van der Waals surface area contributed by atoms with Gasteiger partial charge in [-0.25, -0.2) is 5.10 Å². The summed E-state index contributed by atoms with van der Waals surface area (Å²) >= 11 is 0. The highest BCUT2D eigenvalue weighted by Crippen LogP contribution is 2.33. The molecule has 0 aliphatic carbocycles. The Kier molecular flexibility index (Phi) is 4.68. The molecule has 0 saturated carbocycles. The standard InChI is InChI=1S/C20H26N4O2/c1-13(2)19-18(10-22-23-20(19)25)24-11-14-5-6-16(8-15(14)12-24)26-17-4-3-7-21-9-17/h5-6,8,10,13,17,21H,3-4,7,9,11-12H2,1-2H3,(H,23,25)/t17-/m0/s1. The zero-order valence-corrected chi connectivity index (χ0v) is 15.4. The van der Waals surface area contributed by atoms with Gasteiger partial charge in [-0.1, -0.05) is 19.9 Å². The molecule has 6 heteroatoms. The molecule has 1 saturated heterocycles. The van der Waals surface area contributed by atoms with Gasteiger partial charge in [0.1, 0.15) is 11.9 Å². The minimum absolute atomic E-state index is 0.0951. The van der Waals surface area contributed by atoms with E-state index in [9.17, 15) is 4.79 Å². The normalized spacial score (nSPS) is 19.7. The molecule has 4 rings (SSSR count). The maximum Gasteiger partial charge on any atom is 0.269 e. The molecule has 6 nitrogen and oxygen atoms in total. The van der Waals surface area contributed by atoms with Gasteiger partial charge < -0.3 is 15.0 Å². The van der Waals surface area contributed by atoms with E-state index in [1.165, 1.54) is 11.1 Å². The summed E-state index contributed by atoms with van der Waals surface area (Å²) in [6, 6.07) is 6.37. The monoisotopic (exact) mass is 354 g/mol. The van der Waals surface area contributed by atoms with Crippen LogP contribution in [0.4, 0.5) is 5.69 Å². The van der Waals surface area contributed by atoms with Crippen molar-refractivity contribution in [2.24, 2.45) is 0 Å². The number of hydrogen-bond acceptors (Lipinski definition) is 5. The number of H-pyrrole nitrogens is 1. The summed E-state index contributed by atoms with van der Waals surface area (Å²) < 4.78 is 6.15. The van der Waals surface area contributed by atoms with Gasteiger partial charge in [-0.15, -0.1) is 0 Å². The molecule has 26 heavy (non-hydrogen) atoms. The maximum absolute atomic E-state index is 12.2. The minimum atomic E-state index is -0.0951. The molecule has 2 aliphatic heterocycles. The third-order valence-electron chi connectivity index (χ3n) is 5.25. The van der Waals surface area contributed by atoms with Crippen LogP contribution in [0.15, 0.2) is 29.2 Å². The van der Waals surface area contributed by atoms with Crippen LogP contribution in [0.25, 0.3) is 0 Å². The number of rotatable bonds is 4. The number of nitrogens with one attached hydrogen (secondary N) is 2. The Morgan fingerprint density at radius 1 is 1.27 bits per heavy atom. The molecule has 2 N–H and O–H groups in total. The van der Waals surface area contributed by atoms with Crippen molar-refractivity contribution < 1.29 is 4.74 Å². The lowest BCUT2D eigenvalue weighted by Crippen LogP contribution is -2.37. The van der Waals surface area contributed by atoms with E-state index in [4.69, 9.17) is 4.74 Å². The Labute approximate surface area is 153 Å². The second kappa shape index (κ2) is 7.11. The lowest BCUT2D eigenvalue weighted by Gasteiger charge is -2.24. The smallest absolute Gasteiger partial charge is 0.269 e. The molecule has 1 aromatic heterocycles. The van der Waals surface area contributed by atoms with Crippen LogP contribution in [0.1, 0.15) is 49.3 Å². The van der Waals surface area contributed by atoms with Crippen LogP contribution < -0.4 is 20.5 Å². The molecule has 1 atom stereocenters. The highest BCUT2D eigenvalue weighted by Gasteiger charge is 2.25. The van der Waals surface area contributed by atoms with Crippen molar-refractivity contribution in [1.82, 2.24) is 15.5 Å². The van der Waals surface area contributed by atoms with Crippen LogP contribution >= 0.6 is 0 Å². The fraction of sp³-hybridized carbons (Fsp3) is 0.500. The number of hydrogen-bond donors (Lipinski definition) is 2. The van der Waals surface area contributed by atoms with Crippen molar-refractivity contribution >= 4 is 5.69 Å². The van der Waals surface area contributed by atoms with Crippen molar-refractivity contribution in [2.45, 2.75) is 51.8 Å². The molecule has 1 aromatic carbocycles. The predicted octanol–water partition coefficient (Wildman–Crippen LogP) is 2.54. The summed E-state index contributed by atoms with van der Waals surface area (Å²) in [4.78, 5) is 14.4. The predicted molar refractivity (Wildman–Crippen MR) is 102 cm³/mol. The van der Waals surface area contributed by atoms with Crippen LogP contribution in [0.2, 0.25) is 0 Å². The first-order valence-corrected chi connectivity index (χ1v) is 9.43. The average molecular weight is 354 g/mol. The average Bonchev–Trinajstić information content (AvgIpc) is 3.05. The summed E-state index contributed by atoms with van der Waals surface area (Å²) in [5.74, 6) is 1.09. The van der Waals surface area contributed by atoms with E-state index in [-0.39, 0.29) is 17.6 Å². The Hall–Kier alpha value is -2.34. The molecule has 2 aliphatic rings. The van der Waals surface area contributed by atoms with Crippen molar-refractivity contribution in [3.05, 3.63) is 51.4 Å².